The third-order valence-electron chi connectivity index (χ3n) is 10.6. The van der Waals surface area contributed by atoms with E-state index in [4.69, 9.17) is 18.0 Å². The van der Waals surface area contributed by atoms with E-state index in [1.807, 2.05) is 42.5 Å². The number of hydrogen-bond acceptors (Lipinski definition) is 5. The molecule has 55 heavy (non-hydrogen) atoms. The summed E-state index contributed by atoms with van der Waals surface area (Å²) in [6.45, 7) is 7.42. The van der Waals surface area contributed by atoms with E-state index in [0.29, 0.717) is 6.61 Å². The summed E-state index contributed by atoms with van der Waals surface area (Å²) in [5.41, 5.74) is 10.7. The summed E-state index contributed by atoms with van der Waals surface area (Å²) in [4.78, 5) is 0. The third-order valence-corrected chi connectivity index (χ3v) is 14.2. The fourth-order valence-corrected chi connectivity index (χ4v) is 10.8. The van der Waals surface area contributed by atoms with Crippen molar-refractivity contribution in [3.63, 3.8) is 0 Å². The molecule has 2 aliphatic rings. The van der Waals surface area contributed by atoms with Gasteiger partial charge >= 0.3 is 7.82 Å². The van der Waals surface area contributed by atoms with Crippen molar-refractivity contribution in [2.45, 2.75) is 38.0 Å². The van der Waals surface area contributed by atoms with Gasteiger partial charge in [-0.2, -0.15) is 0 Å². The smallest absolute Gasteiger partial charge is 0.404 e. The molecule has 0 spiro atoms. The molecule has 277 valence electrons. The van der Waals surface area contributed by atoms with Crippen LogP contribution in [0.15, 0.2) is 164 Å². The molecule has 1 radical (unpaired) electrons. The molecule has 0 amide bonds. The Balaban J connectivity index is 0.983. The average Bonchev–Trinajstić information content (AvgIpc) is 3.71. The van der Waals surface area contributed by atoms with Crippen LogP contribution in [-0.4, -0.2) is 35.5 Å². The van der Waals surface area contributed by atoms with Gasteiger partial charge < -0.3 is 4.43 Å². The van der Waals surface area contributed by atoms with Crippen LogP contribution >= 0.6 is 7.82 Å². The van der Waals surface area contributed by atoms with Crippen molar-refractivity contribution in [3.05, 3.63) is 192 Å². The minimum Gasteiger partial charge on any atom is -0.404 e. The second-order valence-electron chi connectivity index (χ2n) is 15.1. The molecule has 0 saturated carbocycles. The zero-order valence-electron chi connectivity index (χ0n) is 31.6. The molecule has 0 fully saturated rings. The third kappa shape index (κ3) is 8.03. The number of hydrogen-bond donors (Lipinski definition) is 0. The Labute approximate surface area is 326 Å². The minimum absolute atomic E-state index is 0.0456. The van der Waals surface area contributed by atoms with Crippen molar-refractivity contribution >= 4 is 27.2 Å². The van der Waals surface area contributed by atoms with E-state index in [0.717, 1.165) is 22.3 Å². The standard InChI is InChI=1S/C48H46O5PSi/c1-48(2,3)35-27-29-37(30-28-35)55(36-17-5-4-6-18-36)53-32-16-15-31-50-54(49,51-33-46-42-23-11-7-19-38(42)39-20-8-12-24-43(39)46)52-34-47-44-25-13-9-21-40(44)41-22-10-14-26-45(41)47/h4-30,46-47H,31-34H2,1-3H3/b16-15+. The first-order chi connectivity index (χ1) is 26.8. The molecule has 0 aromatic heterocycles. The lowest BCUT2D eigenvalue weighted by Crippen LogP contribution is -2.45. The van der Waals surface area contributed by atoms with Gasteiger partial charge in [0.1, 0.15) is 0 Å². The van der Waals surface area contributed by atoms with Gasteiger partial charge in [0.15, 0.2) is 0 Å². The maximum atomic E-state index is 14.7. The highest BCUT2D eigenvalue weighted by molar-refractivity contribution is 7.48. The van der Waals surface area contributed by atoms with Crippen molar-refractivity contribution in [2.24, 2.45) is 0 Å². The first kappa shape index (κ1) is 37.3. The predicted octanol–water partition coefficient (Wildman–Crippen LogP) is 10.4. The van der Waals surface area contributed by atoms with Crippen LogP contribution < -0.4 is 10.4 Å². The molecule has 0 heterocycles. The fraction of sp³-hybridized carbons (Fsp3) is 0.208. The average molecular weight is 762 g/mol. The Morgan fingerprint density at radius 2 is 0.909 bits per heavy atom. The second-order valence-corrected chi connectivity index (χ2v) is 18.9. The van der Waals surface area contributed by atoms with E-state index < -0.39 is 16.9 Å². The lowest BCUT2D eigenvalue weighted by Gasteiger charge is -2.23. The molecule has 5 nitrogen and oxygen atoms in total. The zero-order chi connectivity index (χ0) is 37.8. The lowest BCUT2D eigenvalue weighted by atomic mass is 9.87. The molecule has 0 atom stereocenters. The fourth-order valence-electron chi connectivity index (χ4n) is 7.77. The van der Waals surface area contributed by atoms with Crippen LogP contribution in [0.1, 0.15) is 60.4 Å². The number of fused-ring (bicyclic) bond motifs is 6. The summed E-state index contributed by atoms with van der Waals surface area (Å²) in [6.07, 6.45) is 3.77. The lowest BCUT2D eigenvalue weighted by molar-refractivity contribution is 0.117. The Kier molecular flexibility index (Phi) is 11.0. The molecular weight excluding hydrogens is 716 g/mol. The second kappa shape index (κ2) is 16.2. The monoisotopic (exact) mass is 761 g/mol. The van der Waals surface area contributed by atoms with Gasteiger partial charge in [0.05, 0.1) is 26.4 Å². The zero-order valence-corrected chi connectivity index (χ0v) is 33.5. The first-order valence-electron chi connectivity index (χ1n) is 19.0. The Hall–Kier alpha value is -4.65. The molecular formula is C48H46O5PSi. The molecule has 0 unspecified atom stereocenters. The number of rotatable bonds is 14. The summed E-state index contributed by atoms with van der Waals surface area (Å²) in [6, 6.07) is 52.6. The van der Waals surface area contributed by atoms with Crippen molar-refractivity contribution in [1.82, 2.24) is 0 Å². The summed E-state index contributed by atoms with van der Waals surface area (Å²) < 4.78 is 39.9. The van der Waals surface area contributed by atoms with Crippen LogP contribution in [0.4, 0.5) is 0 Å². The summed E-state index contributed by atoms with van der Waals surface area (Å²) in [7, 11) is -5.54. The molecule has 0 aliphatic heterocycles. The van der Waals surface area contributed by atoms with Crippen LogP contribution in [0.25, 0.3) is 22.3 Å². The van der Waals surface area contributed by atoms with Crippen LogP contribution in [0.2, 0.25) is 0 Å². The number of phosphoric ester groups is 1. The maximum Gasteiger partial charge on any atom is 0.475 e. The van der Waals surface area contributed by atoms with E-state index >= 15 is 0 Å². The number of phosphoric acid groups is 1. The Morgan fingerprint density at radius 3 is 1.36 bits per heavy atom. The maximum absolute atomic E-state index is 14.7. The SMILES string of the molecule is CC(C)(C)c1ccc([Si](OC/C=C/COP(=O)(OCC2c3ccccc3-c3ccccc32)OCC2c3ccccc3-c3ccccc32)c2ccccc2)cc1. The molecule has 7 heteroatoms. The van der Waals surface area contributed by atoms with Crippen molar-refractivity contribution < 1.29 is 22.6 Å². The minimum atomic E-state index is -4.04. The Morgan fingerprint density at radius 1 is 0.509 bits per heavy atom. The van der Waals surface area contributed by atoms with E-state index in [1.54, 1.807) is 0 Å². The van der Waals surface area contributed by atoms with Gasteiger partial charge in [0.25, 0.3) is 9.04 Å². The van der Waals surface area contributed by atoms with Crippen LogP contribution in [0.5, 0.6) is 0 Å². The molecule has 0 N–H and O–H groups in total. The van der Waals surface area contributed by atoms with Crippen LogP contribution in [0.3, 0.4) is 0 Å². The van der Waals surface area contributed by atoms with Gasteiger partial charge in [-0.3, -0.25) is 13.6 Å². The summed E-state index contributed by atoms with van der Waals surface area (Å²) in [5, 5.41) is 2.36. The van der Waals surface area contributed by atoms with Gasteiger partial charge in [-0.15, -0.1) is 0 Å². The normalized spacial score (nSPS) is 14.0. The topological polar surface area (TPSA) is 54.0 Å². The van der Waals surface area contributed by atoms with Crippen molar-refractivity contribution in [2.75, 3.05) is 26.4 Å². The highest BCUT2D eigenvalue weighted by Crippen LogP contribution is 2.55. The highest BCUT2D eigenvalue weighted by atomic mass is 31.2. The molecule has 2 aliphatic carbocycles. The van der Waals surface area contributed by atoms with E-state index in [2.05, 4.69) is 142 Å². The molecule has 8 rings (SSSR count). The summed E-state index contributed by atoms with van der Waals surface area (Å²) in [5.74, 6) is -0.193. The highest BCUT2D eigenvalue weighted by Gasteiger charge is 2.36. The van der Waals surface area contributed by atoms with Gasteiger partial charge in [-0.05, 0) is 65.9 Å². The van der Waals surface area contributed by atoms with Gasteiger partial charge in [-0.1, -0.05) is 185 Å². The molecule has 6 aromatic rings. The first-order valence-corrected chi connectivity index (χ1v) is 21.9. The quantitative estimate of drug-likeness (QED) is 0.0629. The van der Waals surface area contributed by atoms with Gasteiger partial charge in [-0.25, -0.2) is 4.57 Å². The predicted molar refractivity (Wildman–Crippen MR) is 225 cm³/mol. The largest absolute Gasteiger partial charge is 0.475 e. The Bertz CT molecular complexity index is 2140. The van der Waals surface area contributed by atoms with Crippen molar-refractivity contribution in [1.29, 1.82) is 0 Å². The van der Waals surface area contributed by atoms with Crippen LogP contribution in [-0.2, 0) is 28.0 Å². The number of benzene rings is 6. The molecule has 0 bridgehead atoms. The molecule has 6 aromatic carbocycles. The van der Waals surface area contributed by atoms with E-state index in [1.165, 1.54) is 38.2 Å². The van der Waals surface area contributed by atoms with Crippen molar-refractivity contribution in [3.8, 4) is 22.3 Å². The molecule has 0 saturated heterocycles. The summed E-state index contributed by atoms with van der Waals surface area (Å²) >= 11 is 0. The van der Waals surface area contributed by atoms with E-state index in [9.17, 15) is 4.57 Å². The van der Waals surface area contributed by atoms with Crippen LogP contribution in [0, 0.1) is 0 Å². The van der Waals surface area contributed by atoms with E-state index in [-0.39, 0.29) is 37.1 Å². The van der Waals surface area contributed by atoms with Gasteiger partial charge in [0, 0.05) is 11.8 Å². The van der Waals surface area contributed by atoms with Gasteiger partial charge in [0.2, 0.25) is 0 Å².